The molecule has 0 aliphatic carbocycles. The van der Waals surface area contributed by atoms with Gasteiger partial charge in [-0.3, -0.25) is 0 Å². The normalized spacial score (nSPS) is 11.4. The van der Waals surface area contributed by atoms with E-state index in [0.717, 1.165) is 12.0 Å². The van der Waals surface area contributed by atoms with Gasteiger partial charge >= 0.3 is 0 Å². The maximum absolute atomic E-state index is 8.69. The summed E-state index contributed by atoms with van der Waals surface area (Å²) in [5, 5.41) is 17.1. The third-order valence-corrected chi connectivity index (χ3v) is 2.33. The fraction of sp³-hybridized carbons (Fsp3) is 0.125. The first-order chi connectivity index (χ1) is 9.30. The summed E-state index contributed by atoms with van der Waals surface area (Å²) in [6.45, 7) is 1.86. The Morgan fingerprint density at radius 1 is 1.26 bits per heavy atom. The van der Waals surface area contributed by atoms with E-state index in [-0.39, 0.29) is 0 Å². The van der Waals surface area contributed by atoms with Crippen molar-refractivity contribution in [2.75, 3.05) is 0 Å². The van der Waals surface area contributed by atoms with Crippen molar-refractivity contribution in [1.82, 2.24) is 0 Å². The minimum atomic E-state index is 0.501. The Morgan fingerprint density at radius 3 is 2.58 bits per heavy atom. The highest BCUT2D eigenvalue weighted by Crippen LogP contribution is 2.05. The lowest BCUT2D eigenvalue weighted by molar-refractivity contribution is 0.393. The summed E-state index contributed by atoms with van der Waals surface area (Å²) in [4.78, 5) is 0. The molecule has 0 radical (unpaired) electrons. The molecular formula is C16H14N2O. The zero-order valence-corrected chi connectivity index (χ0v) is 10.7. The minimum Gasteiger partial charge on any atom is -0.388 e. The fourth-order valence-electron chi connectivity index (χ4n) is 1.42. The predicted molar refractivity (Wildman–Crippen MR) is 73.6 cm³/mol. The van der Waals surface area contributed by atoms with Crippen LogP contribution in [0.15, 0.2) is 60.4 Å². The van der Waals surface area contributed by atoms with Crippen molar-refractivity contribution in [2.24, 2.45) is 0 Å². The first kappa shape index (κ1) is 14.3. The molecule has 0 fully saturated rings. The van der Waals surface area contributed by atoms with Gasteiger partial charge in [-0.25, -0.2) is 0 Å². The third kappa shape index (κ3) is 5.39. The lowest BCUT2D eigenvalue weighted by atomic mass is 10.1. The molecule has 0 atom stereocenters. The Hall–Kier alpha value is -2.78. The van der Waals surface area contributed by atoms with Crippen LogP contribution in [0.3, 0.4) is 0 Å². The summed E-state index contributed by atoms with van der Waals surface area (Å²) in [7, 11) is 0. The van der Waals surface area contributed by atoms with Crippen molar-refractivity contribution >= 4 is 0 Å². The standard InChI is InChI=1S/C16H14N2O/c1-2-5-16(19-13-18)7-4-3-6-14-8-10-15(12-17)11-9-14/h2-5,7-11H,6H2,1H3/b4-3?,5-2-,16-7+. The first-order valence-electron chi connectivity index (χ1n) is 5.84. The topological polar surface area (TPSA) is 56.8 Å². The van der Waals surface area contributed by atoms with E-state index in [0.29, 0.717) is 11.3 Å². The van der Waals surface area contributed by atoms with Gasteiger partial charge in [-0.15, -0.1) is 5.26 Å². The Bertz CT molecular complexity index is 566. The summed E-state index contributed by atoms with van der Waals surface area (Å²) in [5.41, 5.74) is 1.78. The number of allylic oxidation sites excluding steroid dienone is 5. The van der Waals surface area contributed by atoms with Gasteiger partial charge in [-0.05, 0) is 43.2 Å². The molecule has 0 amide bonds. The molecule has 0 N–H and O–H groups in total. The Balaban J connectivity index is 2.60. The molecule has 0 aromatic heterocycles. The van der Waals surface area contributed by atoms with Crippen molar-refractivity contribution in [3.05, 3.63) is 71.5 Å². The van der Waals surface area contributed by atoms with E-state index in [2.05, 4.69) is 6.07 Å². The largest absolute Gasteiger partial charge is 0.388 e. The average molecular weight is 250 g/mol. The Kier molecular flexibility index (Phi) is 6.26. The van der Waals surface area contributed by atoms with Crippen molar-refractivity contribution in [1.29, 1.82) is 10.5 Å². The van der Waals surface area contributed by atoms with Crippen LogP contribution in [0.4, 0.5) is 0 Å². The number of rotatable bonds is 5. The van der Waals surface area contributed by atoms with Crippen LogP contribution in [-0.2, 0) is 11.2 Å². The highest BCUT2D eigenvalue weighted by molar-refractivity contribution is 5.32. The van der Waals surface area contributed by atoms with E-state index >= 15 is 0 Å². The molecule has 0 saturated carbocycles. The van der Waals surface area contributed by atoms with Gasteiger partial charge in [-0.2, -0.15) is 5.26 Å². The minimum absolute atomic E-state index is 0.501. The maximum Gasteiger partial charge on any atom is 0.292 e. The molecule has 1 aromatic carbocycles. The molecule has 0 heterocycles. The molecule has 0 spiro atoms. The van der Waals surface area contributed by atoms with Gasteiger partial charge in [-0.1, -0.05) is 30.4 Å². The molecule has 1 rings (SSSR count). The van der Waals surface area contributed by atoms with Crippen LogP contribution in [0.1, 0.15) is 18.1 Å². The summed E-state index contributed by atoms with van der Waals surface area (Å²) in [5.74, 6) is 0.501. The van der Waals surface area contributed by atoms with Crippen LogP contribution in [-0.4, -0.2) is 0 Å². The number of benzene rings is 1. The lowest BCUT2D eigenvalue weighted by Gasteiger charge is -1.96. The van der Waals surface area contributed by atoms with Crippen LogP contribution in [0.5, 0.6) is 0 Å². The van der Waals surface area contributed by atoms with Crippen LogP contribution >= 0.6 is 0 Å². The Morgan fingerprint density at radius 2 is 2.00 bits per heavy atom. The average Bonchev–Trinajstić information content (AvgIpc) is 2.44. The van der Waals surface area contributed by atoms with Crippen LogP contribution < -0.4 is 0 Å². The Labute approximate surface area is 113 Å². The molecule has 0 saturated heterocycles. The second kappa shape index (κ2) is 8.33. The van der Waals surface area contributed by atoms with Gasteiger partial charge in [0.1, 0.15) is 5.76 Å². The van der Waals surface area contributed by atoms with E-state index in [9.17, 15) is 0 Å². The van der Waals surface area contributed by atoms with Crippen LogP contribution in [0.2, 0.25) is 0 Å². The second-order valence-electron chi connectivity index (χ2n) is 3.70. The maximum atomic E-state index is 8.69. The first-order valence-corrected chi connectivity index (χ1v) is 5.84. The summed E-state index contributed by atoms with van der Waals surface area (Å²) < 4.78 is 4.76. The van der Waals surface area contributed by atoms with Gasteiger partial charge in [0.15, 0.2) is 0 Å². The van der Waals surface area contributed by atoms with Crippen molar-refractivity contribution in [3.63, 3.8) is 0 Å². The molecular weight excluding hydrogens is 236 g/mol. The number of nitriles is 2. The van der Waals surface area contributed by atoms with Crippen molar-refractivity contribution in [3.8, 4) is 12.3 Å². The number of hydrogen-bond donors (Lipinski definition) is 0. The molecule has 0 aliphatic rings. The van der Waals surface area contributed by atoms with Crippen molar-refractivity contribution in [2.45, 2.75) is 13.3 Å². The van der Waals surface area contributed by atoms with Gasteiger partial charge in [0.05, 0.1) is 11.6 Å². The molecule has 0 bridgehead atoms. The highest BCUT2D eigenvalue weighted by Gasteiger charge is 1.91. The number of nitrogens with zero attached hydrogens (tertiary/aromatic N) is 2. The van der Waals surface area contributed by atoms with Gasteiger partial charge < -0.3 is 4.74 Å². The summed E-state index contributed by atoms with van der Waals surface area (Å²) in [6.07, 6.45) is 11.5. The molecule has 94 valence electrons. The van der Waals surface area contributed by atoms with E-state index in [1.165, 1.54) is 0 Å². The number of ether oxygens (including phenoxy) is 1. The van der Waals surface area contributed by atoms with E-state index in [4.69, 9.17) is 15.3 Å². The van der Waals surface area contributed by atoms with E-state index < -0.39 is 0 Å². The highest BCUT2D eigenvalue weighted by atomic mass is 16.5. The molecule has 3 nitrogen and oxygen atoms in total. The van der Waals surface area contributed by atoms with Gasteiger partial charge in [0.2, 0.25) is 0 Å². The zero-order chi connectivity index (χ0) is 13.9. The number of hydrogen-bond acceptors (Lipinski definition) is 3. The zero-order valence-electron chi connectivity index (χ0n) is 10.7. The lowest BCUT2D eigenvalue weighted by Crippen LogP contribution is -1.82. The summed E-state index contributed by atoms with van der Waals surface area (Å²) in [6, 6.07) is 9.52. The van der Waals surface area contributed by atoms with Gasteiger partial charge in [0.25, 0.3) is 6.26 Å². The predicted octanol–water partition coefficient (Wildman–Crippen LogP) is 3.61. The van der Waals surface area contributed by atoms with Crippen molar-refractivity contribution < 1.29 is 4.74 Å². The molecule has 0 unspecified atom stereocenters. The van der Waals surface area contributed by atoms with E-state index in [1.807, 2.05) is 31.2 Å². The van der Waals surface area contributed by atoms with E-state index in [1.54, 1.807) is 36.6 Å². The molecule has 3 heteroatoms. The summed E-state index contributed by atoms with van der Waals surface area (Å²) >= 11 is 0. The SMILES string of the molecule is C/C=C\C(=C/C=CCc1ccc(C#N)cc1)OC#N. The van der Waals surface area contributed by atoms with Crippen LogP contribution in [0.25, 0.3) is 0 Å². The third-order valence-electron chi connectivity index (χ3n) is 2.33. The molecule has 19 heavy (non-hydrogen) atoms. The van der Waals surface area contributed by atoms with Gasteiger partial charge in [0, 0.05) is 0 Å². The quantitative estimate of drug-likeness (QED) is 0.455. The monoisotopic (exact) mass is 250 g/mol. The molecule has 0 aliphatic heterocycles. The smallest absolute Gasteiger partial charge is 0.292 e. The molecule has 1 aromatic rings. The van der Waals surface area contributed by atoms with Crippen LogP contribution in [0, 0.1) is 22.8 Å². The second-order valence-corrected chi connectivity index (χ2v) is 3.70. The fourth-order valence-corrected chi connectivity index (χ4v) is 1.42.